The van der Waals surface area contributed by atoms with Gasteiger partial charge in [-0.25, -0.2) is 4.79 Å². The van der Waals surface area contributed by atoms with Gasteiger partial charge in [0.15, 0.2) is 12.4 Å². The van der Waals surface area contributed by atoms with E-state index in [1.807, 2.05) is 24.3 Å². The van der Waals surface area contributed by atoms with Crippen LogP contribution in [0.25, 0.3) is 10.1 Å². The zero-order chi connectivity index (χ0) is 18.1. The highest BCUT2D eigenvalue weighted by Crippen LogP contribution is 2.26. The molecule has 0 saturated carbocycles. The second-order valence-corrected chi connectivity index (χ2v) is 6.91. The minimum Gasteiger partial charge on any atom is -0.453 e. The molecule has 1 aromatic carbocycles. The van der Waals surface area contributed by atoms with E-state index in [0.29, 0.717) is 27.4 Å². The number of ether oxygens (including phenoxy) is 1. The topological polar surface area (TPSA) is 76.2 Å². The van der Waals surface area contributed by atoms with Crippen LogP contribution >= 0.6 is 11.3 Å². The molecule has 0 spiro atoms. The Morgan fingerprint density at radius 3 is 2.52 bits per heavy atom. The predicted octanol–water partition coefficient (Wildman–Crippen LogP) is 4.09. The number of hydrogen-bond acceptors (Lipinski definition) is 5. The maximum Gasteiger partial charge on any atom is 0.348 e. The number of aromatic amines is 1. The molecule has 0 bridgehead atoms. The number of H-pyrrole nitrogens is 1. The van der Waals surface area contributed by atoms with Crippen LogP contribution in [0.4, 0.5) is 0 Å². The fourth-order valence-corrected chi connectivity index (χ4v) is 3.87. The first-order valence-electron chi connectivity index (χ1n) is 7.77. The third-order valence-electron chi connectivity index (χ3n) is 4.03. The lowest BCUT2D eigenvalue weighted by Gasteiger charge is -2.03. The Morgan fingerprint density at radius 1 is 1.16 bits per heavy atom. The molecule has 3 rings (SSSR count). The Labute approximate surface area is 148 Å². The Hall–Kier alpha value is -2.73. The third-order valence-corrected chi connectivity index (χ3v) is 5.13. The molecule has 0 fully saturated rings. The maximum atomic E-state index is 12.3. The van der Waals surface area contributed by atoms with Gasteiger partial charge in [0.2, 0.25) is 5.78 Å². The Balaban J connectivity index is 1.73. The fourth-order valence-electron chi connectivity index (χ4n) is 2.91. The summed E-state index contributed by atoms with van der Waals surface area (Å²) in [5.41, 5.74) is 2.06. The van der Waals surface area contributed by atoms with Gasteiger partial charge in [0, 0.05) is 16.0 Å². The number of benzene rings is 1. The summed E-state index contributed by atoms with van der Waals surface area (Å²) in [6.07, 6.45) is 0. The van der Waals surface area contributed by atoms with E-state index in [-0.39, 0.29) is 18.2 Å². The zero-order valence-electron chi connectivity index (χ0n) is 14.1. The standard InChI is InChI=1S/C19H17NO4S/c1-10-17(12(3)21)11(2)20-18(10)14(22)9-24-19(23)16-8-13-6-4-5-7-15(13)25-16/h4-8,20H,9H2,1-3H3. The number of rotatable bonds is 5. The van der Waals surface area contributed by atoms with Crippen LogP contribution in [-0.4, -0.2) is 29.1 Å². The van der Waals surface area contributed by atoms with E-state index < -0.39 is 5.97 Å². The van der Waals surface area contributed by atoms with Crippen molar-refractivity contribution in [2.45, 2.75) is 20.8 Å². The van der Waals surface area contributed by atoms with Gasteiger partial charge in [-0.2, -0.15) is 0 Å². The number of aryl methyl sites for hydroxylation is 1. The van der Waals surface area contributed by atoms with Gasteiger partial charge in [-0.05, 0) is 43.9 Å². The lowest BCUT2D eigenvalue weighted by atomic mass is 10.1. The monoisotopic (exact) mass is 355 g/mol. The van der Waals surface area contributed by atoms with E-state index in [2.05, 4.69) is 4.98 Å². The first kappa shape index (κ1) is 17.1. The van der Waals surface area contributed by atoms with Crippen LogP contribution in [0.2, 0.25) is 0 Å². The highest BCUT2D eigenvalue weighted by atomic mass is 32.1. The molecule has 0 aliphatic rings. The molecule has 0 radical (unpaired) electrons. The van der Waals surface area contributed by atoms with E-state index in [1.165, 1.54) is 18.3 Å². The minimum absolute atomic E-state index is 0.104. The van der Waals surface area contributed by atoms with Gasteiger partial charge in [0.25, 0.3) is 0 Å². The average Bonchev–Trinajstić information content (AvgIpc) is 3.13. The van der Waals surface area contributed by atoms with E-state index in [9.17, 15) is 14.4 Å². The van der Waals surface area contributed by atoms with Crippen molar-refractivity contribution < 1.29 is 19.1 Å². The number of esters is 1. The van der Waals surface area contributed by atoms with Gasteiger partial charge in [-0.15, -0.1) is 11.3 Å². The van der Waals surface area contributed by atoms with Crippen LogP contribution in [-0.2, 0) is 4.74 Å². The van der Waals surface area contributed by atoms with Crippen LogP contribution < -0.4 is 0 Å². The van der Waals surface area contributed by atoms with Crippen molar-refractivity contribution in [2.75, 3.05) is 6.61 Å². The number of ketones is 2. The van der Waals surface area contributed by atoms with Crippen molar-refractivity contribution in [1.29, 1.82) is 0 Å². The maximum absolute atomic E-state index is 12.3. The minimum atomic E-state index is -0.526. The summed E-state index contributed by atoms with van der Waals surface area (Å²) >= 11 is 1.33. The van der Waals surface area contributed by atoms with Crippen LogP contribution in [0, 0.1) is 13.8 Å². The summed E-state index contributed by atoms with van der Waals surface area (Å²) in [5, 5.41) is 0.965. The average molecular weight is 355 g/mol. The van der Waals surface area contributed by atoms with Crippen LogP contribution in [0.15, 0.2) is 30.3 Å². The van der Waals surface area contributed by atoms with Crippen LogP contribution in [0.5, 0.6) is 0 Å². The second kappa shape index (κ2) is 6.64. The molecule has 0 aliphatic heterocycles. The second-order valence-electron chi connectivity index (χ2n) is 5.83. The van der Waals surface area contributed by atoms with Crippen molar-refractivity contribution in [2.24, 2.45) is 0 Å². The molecule has 0 unspecified atom stereocenters. The highest BCUT2D eigenvalue weighted by Gasteiger charge is 2.21. The molecular weight excluding hydrogens is 338 g/mol. The molecular formula is C19H17NO4S. The van der Waals surface area contributed by atoms with Gasteiger partial charge < -0.3 is 9.72 Å². The van der Waals surface area contributed by atoms with Gasteiger partial charge in [0.1, 0.15) is 4.88 Å². The summed E-state index contributed by atoms with van der Waals surface area (Å²) < 4.78 is 6.14. The number of carbonyl (C=O) groups is 3. The molecule has 6 heteroatoms. The van der Waals surface area contributed by atoms with Crippen molar-refractivity contribution in [3.8, 4) is 0 Å². The molecule has 0 aliphatic carbocycles. The van der Waals surface area contributed by atoms with E-state index in [0.717, 1.165) is 10.1 Å². The van der Waals surface area contributed by atoms with Gasteiger partial charge >= 0.3 is 5.97 Å². The van der Waals surface area contributed by atoms with E-state index >= 15 is 0 Å². The number of Topliss-reactive ketones (excluding diaryl/α,β-unsaturated/α-hetero) is 2. The summed E-state index contributed by atoms with van der Waals surface area (Å²) in [6, 6.07) is 9.40. The molecule has 2 aromatic heterocycles. The summed E-state index contributed by atoms with van der Waals surface area (Å²) in [4.78, 5) is 39.6. The summed E-state index contributed by atoms with van der Waals surface area (Å²) in [5.74, 6) is -0.989. The summed E-state index contributed by atoms with van der Waals surface area (Å²) in [7, 11) is 0. The first-order chi connectivity index (χ1) is 11.9. The summed E-state index contributed by atoms with van der Waals surface area (Å²) in [6.45, 7) is 4.54. The molecule has 25 heavy (non-hydrogen) atoms. The predicted molar refractivity (Wildman–Crippen MR) is 96.7 cm³/mol. The molecule has 5 nitrogen and oxygen atoms in total. The molecule has 3 aromatic rings. The number of nitrogens with one attached hydrogen (secondary N) is 1. The number of fused-ring (bicyclic) bond motifs is 1. The van der Waals surface area contributed by atoms with E-state index in [4.69, 9.17) is 4.74 Å². The molecule has 128 valence electrons. The molecule has 1 N–H and O–H groups in total. The number of aromatic nitrogens is 1. The molecule has 2 heterocycles. The number of thiophene rings is 1. The molecule has 0 atom stereocenters. The van der Waals surface area contributed by atoms with Crippen LogP contribution in [0.3, 0.4) is 0 Å². The van der Waals surface area contributed by atoms with E-state index in [1.54, 1.807) is 19.9 Å². The largest absolute Gasteiger partial charge is 0.453 e. The van der Waals surface area contributed by atoms with Gasteiger partial charge in [0.05, 0.1) is 5.69 Å². The SMILES string of the molecule is CC(=O)c1c(C)[nH]c(C(=O)COC(=O)c2cc3ccccc3s2)c1C. The lowest BCUT2D eigenvalue weighted by molar-refractivity contribution is 0.0478. The zero-order valence-corrected chi connectivity index (χ0v) is 15.0. The molecule has 0 amide bonds. The first-order valence-corrected chi connectivity index (χ1v) is 8.59. The quantitative estimate of drug-likeness (QED) is 0.552. The Bertz CT molecular complexity index is 963. The number of carbonyl (C=O) groups excluding carboxylic acids is 3. The van der Waals surface area contributed by atoms with Crippen molar-refractivity contribution in [3.63, 3.8) is 0 Å². The normalized spacial score (nSPS) is 10.8. The number of hydrogen-bond donors (Lipinski definition) is 1. The Morgan fingerprint density at radius 2 is 1.88 bits per heavy atom. The van der Waals surface area contributed by atoms with Crippen molar-refractivity contribution in [3.05, 3.63) is 57.7 Å². The van der Waals surface area contributed by atoms with Gasteiger partial charge in [-0.3, -0.25) is 9.59 Å². The highest BCUT2D eigenvalue weighted by molar-refractivity contribution is 7.20. The van der Waals surface area contributed by atoms with Crippen LogP contribution in [0.1, 0.15) is 48.7 Å². The Kier molecular flexibility index (Phi) is 4.55. The lowest BCUT2D eigenvalue weighted by Crippen LogP contribution is -2.15. The smallest absolute Gasteiger partial charge is 0.348 e. The third kappa shape index (κ3) is 3.25. The van der Waals surface area contributed by atoms with Crippen molar-refractivity contribution in [1.82, 2.24) is 4.98 Å². The molecule has 0 saturated heterocycles. The fraction of sp³-hybridized carbons (Fsp3) is 0.211. The van der Waals surface area contributed by atoms with Gasteiger partial charge in [-0.1, -0.05) is 18.2 Å². The van der Waals surface area contributed by atoms with Crippen molar-refractivity contribution >= 4 is 39.0 Å².